The third-order valence-corrected chi connectivity index (χ3v) is 11.5. The van der Waals surface area contributed by atoms with Crippen LogP contribution in [-0.2, 0) is 0 Å². The summed E-state index contributed by atoms with van der Waals surface area (Å²) in [6, 6.07) is 65.7. The molecule has 1 N–H and O–H groups in total. The molecule has 0 saturated heterocycles. The Morgan fingerprint density at radius 3 is 1.88 bits per heavy atom. The van der Waals surface area contributed by atoms with Crippen molar-refractivity contribution in [3.63, 3.8) is 0 Å². The summed E-state index contributed by atoms with van der Waals surface area (Å²) in [4.78, 5) is 10.7. The van der Waals surface area contributed by atoms with Crippen LogP contribution in [0.4, 0.5) is 0 Å². The Bertz CT molecular complexity index is 3500. The van der Waals surface area contributed by atoms with Gasteiger partial charge in [-0.15, -0.1) is 0 Å². The van der Waals surface area contributed by atoms with Crippen LogP contribution in [0.1, 0.15) is 22.9 Å². The largest absolute Gasteiger partial charge is 0.456 e. The van der Waals surface area contributed by atoms with E-state index in [1.54, 1.807) is 0 Å². The number of rotatable bonds is 5. The minimum atomic E-state index is -0.384. The summed E-state index contributed by atoms with van der Waals surface area (Å²) < 4.78 is 12.9. The Labute approximate surface area is 333 Å². The number of nitrogens with zero attached hydrogens (tertiary/aromatic N) is 2. The van der Waals surface area contributed by atoms with E-state index in [0.717, 1.165) is 105 Å². The molecule has 1 atom stereocenters. The van der Waals surface area contributed by atoms with Crippen molar-refractivity contribution in [2.45, 2.75) is 6.17 Å². The molecule has 3 heterocycles. The van der Waals surface area contributed by atoms with E-state index in [0.29, 0.717) is 5.84 Å². The highest BCUT2D eigenvalue weighted by Gasteiger charge is 2.25. The minimum Gasteiger partial charge on any atom is -0.456 e. The fourth-order valence-corrected chi connectivity index (χ4v) is 8.82. The van der Waals surface area contributed by atoms with Gasteiger partial charge >= 0.3 is 0 Å². The molecule has 9 aromatic carbocycles. The number of furan rings is 2. The number of amidine groups is 2. The SMILES string of the molecule is c1ccc(-c2ccc3c(c2)oc2cccc(-c4ccc(C5=NC(c6cccc7oc8ccccc8c67)=NC(c6ccc7ccccc7c6)N5)c5ccccc45)c23)cc1. The Hall–Kier alpha value is -7.76. The molecule has 58 heavy (non-hydrogen) atoms. The average Bonchev–Trinajstić information content (AvgIpc) is 3.87. The molecule has 2 aromatic heterocycles. The lowest BCUT2D eigenvalue weighted by Gasteiger charge is -2.25. The first-order chi connectivity index (χ1) is 28.7. The van der Waals surface area contributed by atoms with Crippen LogP contribution in [-0.4, -0.2) is 11.7 Å². The van der Waals surface area contributed by atoms with Crippen LogP contribution < -0.4 is 5.32 Å². The van der Waals surface area contributed by atoms with Crippen LogP contribution in [0.2, 0.25) is 0 Å². The van der Waals surface area contributed by atoms with Gasteiger partial charge in [-0.25, -0.2) is 9.98 Å². The average molecular weight is 744 g/mol. The van der Waals surface area contributed by atoms with E-state index < -0.39 is 0 Å². The summed E-state index contributed by atoms with van der Waals surface area (Å²) >= 11 is 0. The fraction of sp³-hybridized carbons (Fsp3) is 0.0189. The predicted octanol–water partition coefficient (Wildman–Crippen LogP) is 13.6. The second-order valence-electron chi connectivity index (χ2n) is 14.9. The Morgan fingerprint density at radius 2 is 1.03 bits per heavy atom. The van der Waals surface area contributed by atoms with E-state index in [-0.39, 0.29) is 6.17 Å². The molecule has 272 valence electrons. The monoisotopic (exact) mass is 743 g/mol. The van der Waals surface area contributed by atoms with Gasteiger partial charge in [0.05, 0.1) is 0 Å². The van der Waals surface area contributed by atoms with Crippen molar-refractivity contribution in [3.05, 3.63) is 205 Å². The maximum atomic E-state index is 6.54. The van der Waals surface area contributed by atoms with Crippen LogP contribution >= 0.6 is 0 Å². The van der Waals surface area contributed by atoms with Gasteiger partial charge in [-0.1, -0.05) is 152 Å². The highest BCUT2D eigenvalue weighted by atomic mass is 16.3. The first-order valence-corrected chi connectivity index (χ1v) is 19.6. The summed E-state index contributed by atoms with van der Waals surface area (Å²) in [5.74, 6) is 1.41. The quantitative estimate of drug-likeness (QED) is 0.191. The summed E-state index contributed by atoms with van der Waals surface area (Å²) in [6.07, 6.45) is -0.384. The molecule has 12 rings (SSSR count). The van der Waals surface area contributed by atoms with Gasteiger partial charge in [0.15, 0.2) is 5.84 Å². The summed E-state index contributed by atoms with van der Waals surface area (Å²) in [7, 11) is 0. The zero-order chi connectivity index (χ0) is 38.2. The standard InChI is InChI=1S/C53H33N3O2/c1-2-12-32(13-3-1)35-26-27-43-48(31-35)58-46-22-10-19-40(49(43)46)39-28-29-41(38-17-7-6-16-37(38)39)52-54-51(36-25-24-33-14-4-5-15-34(33)30-36)55-53(56-52)44-20-11-23-47-50(44)42-18-8-9-21-45(42)57-47/h1-31,51H,(H,54,55,56). The Balaban J connectivity index is 1.03. The van der Waals surface area contributed by atoms with E-state index in [2.05, 4.69) is 157 Å². The van der Waals surface area contributed by atoms with Crippen molar-refractivity contribution < 1.29 is 8.83 Å². The van der Waals surface area contributed by atoms with Crippen molar-refractivity contribution in [2.24, 2.45) is 9.98 Å². The topological polar surface area (TPSA) is 63.0 Å². The molecule has 0 spiro atoms. The van der Waals surface area contributed by atoms with Gasteiger partial charge in [0, 0.05) is 32.7 Å². The third kappa shape index (κ3) is 5.17. The number of hydrogen-bond donors (Lipinski definition) is 1. The molecule has 1 aliphatic rings. The Kier molecular flexibility index (Phi) is 7.23. The molecule has 5 heteroatoms. The van der Waals surface area contributed by atoms with E-state index in [1.807, 2.05) is 36.4 Å². The predicted molar refractivity (Wildman–Crippen MR) is 239 cm³/mol. The van der Waals surface area contributed by atoms with Gasteiger partial charge in [0.1, 0.15) is 34.3 Å². The van der Waals surface area contributed by atoms with Gasteiger partial charge < -0.3 is 14.2 Å². The lowest BCUT2D eigenvalue weighted by Crippen LogP contribution is -2.33. The summed E-state index contributed by atoms with van der Waals surface area (Å²) in [5.41, 5.74) is 10.9. The number of nitrogens with one attached hydrogen (secondary N) is 1. The van der Waals surface area contributed by atoms with Gasteiger partial charge in [0.2, 0.25) is 0 Å². The molecule has 0 aliphatic carbocycles. The zero-order valence-electron chi connectivity index (χ0n) is 31.2. The van der Waals surface area contributed by atoms with Crippen LogP contribution in [0.3, 0.4) is 0 Å². The normalized spacial score (nSPS) is 14.4. The number of fused-ring (bicyclic) bond motifs is 8. The van der Waals surface area contributed by atoms with Gasteiger partial charge in [-0.05, 0) is 85.8 Å². The minimum absolute atomic E-state index is 0.384. The summed E-state index contributed by atoms with van der Waals surface area (Å²) in [6.45, 7) is 0. The summed E-state index contributed by atoms with van der Waals surface area (Å²) in [5, 5.41) is 12.6. The van der Waals surface area contributed by atoms with Crippen LogP contribution in [0.5, 0.6) is 0 Å². The van der Waals surface area contributed by atoms with Crippen LogP contribution in [0.25, 0.3) is 87.7 Å². The van der Waals surface area contributed by atoms with Crippen molar-refractivity contribution >= 4 is 77.1 Å². The third-order valence-electron chi connectivity index (χ3n) is 11.5. The highest BCUT2D eigenvalue weighted by molar-refractivity contribution is 6.24. The van der Waals surface area contributed by atoms with Gasteiger partial charge in [-0.2, -0.15) is 0 Å². The van der Waals surface area contributed by atoms with Crippen molar-refractivity contribution in [2.75, 3.05) is 0 Å². The van der Waals surface area contributed by atoms with E-state index in [9.17, 15) is 0 Å². The Morgan fingerprint density at radius 1 is 0.397 bits per heavy atom. The molecule has 11 aromatic rings. The first-order valence-electron chi connectivity index (χ1n) is 19.6. The van der Waals surface area contributed by atoms with Crippen molar-refractivity contribution in [1.29, 1.82) is 0 Å². The molecule has 0 amide bonds. The van der Waals surface area contributed by atoms with Gasteiger partial charge in [-0.3, -0.25) is 0 Å². The number of benzene rings is 9. The van der Waals surface area contributed by atoms with E-state index >= 15 is 0 Å². The lowest BCUT2D eigenvalue weighted by atomic mass is 9.91. The smallest absolute Gasteiger partial charge is 0.160 e. The van der Waals surface area contributed by atoms with Crippen LogP contribution in [0.15, 0.2) is 207 Å². The van der Waals surface area contributed by atoms with Crippen LogP contribution in [0, 0.1) is 0 Å². The fourth-order valence-electron chi connectivity index (χ4n) is 8.82. The van der Waals surface area contributed by atoms with Crippen molar-refractivity contribution in [1.82, 2.24) is 5.32 Å². The molecule has 0 saturated carbocycles. The molecule has 1 unspecified atom stereocenters. The molecular formula is C53H33N3O2. The zero-order valence-corrected chi connectivity index (χ0v) is 31.2. The molecule has 1 aliphatic heterocycles. The lowest BCUT2D eigenvalue weighted by molar-refractivity contribution is 0.668. The van der Waals surface area contributed by atoms with E-state index in [1.165, 1.54) is 5.39 Å². The molecule has 0 bridgehead atoms. The van der Waals surface area contributed by atoms with Gasteiger partial charge in [0.25, 0.3) is 0 Å². The van der Waals surface area contributed by atoms with Crippen molar-refractivity contribution in [3.8, 4) is 22.3 Å². The van der Waals surface area contributed by atoms with E-state index in [4.69, 9.17) is 18.8 Å². The second-order valence-corrected chi connectivity index (χ2v) is 14.9. The number of aliphatic imine (C=N–C) groups is 2. The number of para-hydroxylation sites is 1. The molecular weight excluding hydrogens is 711 g/mol. The second kappa shape index (κ2) is 12.9. The number of hydrogen-bond acceptors (Lipinski definition) is 5. The maximum Gasteiger partial charge on any atom is 0.160 e. The first kappa shape index (κ1) is 32.5. The highest BCUT2D eigenvalue weighted by Crippen LogP contribution is 2.42. The molecule has 5 nitrogen and oxygen atoms in total. The molecule has 0 fully saturated rings. The molecule has 0 radical (unpaired) electrons. The maximum absolute atomic E-state index is 6.54.